The zero-order valence-corrected chi connectivity index (χ0v) is 14.3. The van der Waals surface area contributed by atoms with Gasteiger partial charge in [0.15, 0.2) is 6.10 Å². The molecular weight excluding hydrogens is 320 g/mol. The normalized spacial score (nSPS) is 12.8. The zero-order chi connectivity index (χ0) is 16.9. The molecule has 0 aliphatic rings. The number of benzene rings is 2. The molecule has 0 fully saturated rings. The molecular formula is C19H18N2O2S. The van der Waals surface area contributed by atoms with E-state index in [9.17, 15) is 4.79 Å². The zero-order valence-electron chi connectivity index (χ0n) is 13.5. The topological polar surface area (TPSA) is 50.7 Å². The van der Waals surface area contributed by atoms with Gasteiger partial charge in [-0.25, -0.2) is 5.43 Å². The van der Waals surface area contributed by atoms with Gasteiger partial charge in [-0.2, -0.15) is 5.10 Å². The van der Waals surface area contributed by atoms with Crippen molar-refractivity contribution in [1.29, 1.82) is 0 Å². The molecule has 2 aromatic carbocycles. The summed E-state index contributed by atoms with van der Waals surface area (Å²) in [6.07, 6.45) is -0.633. The summed E-state index contributed by atoms with van der Waals surface area (Å²) >= 11 is 1.58. The number of rotatable bonds is 5. The summed E-state index contributed by atoms with van der Waals surface area (Å²) in [6.45, 7) is 3.57. The van der Waals surface area contributed by atoms with Crippen molar-refractivity contribution in [2.24, 2.45) is 5.10 Å². The van der Waals surface area contributed by atoms with Crippen molar-refractivity contribution in [3.05, 3.63) is 64.9 Å². The van der Waals surface area contributed by atoms with Gasteiger partial charge in [0.1, 0.15) is 5.75 Å². The van der Waals surface area contributed by atoms with E-state index < -0.39 is 6.10 Å². The summed E-state index contributed by atoms with van der Waals surface area (Å²) < 4.78 is 5.73. The highest BCUT2D eigenvalue weighted by atomic mass is 32.1. The van der Waals surface area contributed by atoms with Crippen LogP contribution < -0.4 is 10.2 Å². The monoisotopic (exact) mass is 338 g/mol. The van der Waals surface area contributed by atoms with Crippen LogP contribution in [0.15, 0.2) is 65.1 Å². The van der Waals surface area contributed by atoms with E-state index >= 15 is 0 Å². The number of hydrogen-bond donors (Lipinski definition) is 1. The minimum Gasteiger partial charge on any atom is -0.481 e. The number of amides is 1. The average molecular weight is 338 g/mol. The predicted octanol–water partition coefficient (Wildman–Crippen LogP) is 4.21. The highest BCUT2D eigenvalue weighted by Crippen LogP contribution is 2.21. The predicted molar refractivity (Wildman–Crippen MR) is 98.7 cm³/mol. The van der Waals surface area contributed by atoms with E-state index in [0.717, 1.165) is 21.4 Å². The van der Waals surface area contributed by atoms with E-state index in [1.54, 1.807) is 18.3 Å². The molecule has 0 aliphatic heterocycles. The molecule has 5 heteroatoms. The Kier molecular flexibility index (Phi) is 4.91. The van der Waals surface area contributed by atoms with E-state index in [1.807, 2.05) is 66.9 Å². The van der Waals surface area contributed by atoms with Crippen LogP contribution in [-0.4, -0.2) is 17.7 Å². The standard InChI is InChI=1S/C19H18N2O2S/c1-13(18-8-5-11-24-18)20-21-19(22)14(2)23-17-10-9-15-6-3-4-7-16(15)12-17/h3-12,14H,1-2H3,(H,21,22)/b20-13-/t14-/m1/s1. The van der Waals surface area contributed by atoms with Crippen LogP contribution in [0.2, 0.25) is 0 Å². The fraction of sp³-hybridized carbons (Fsp3) is 0.158. The van der Waals surface area contributed by atoms with E-state index in [4.69, 9.17) is 4.74 Å². The Bertz CT molecular complexity index is 872. The van der Waals surface area contributed by atoms with Crippen LogP contribution in [0.1, 0.15) is 18.7 Å². The van der Waals surface area contributed by atoms with Crippen molar-refractivity contribution in [2.75, 3.05) is 0 Å². The lowest BCUT2D eigenvalue weighted by Gasteiger charge is -2.13. The smallest absolute Gasteiger partial charge is 0.280 e. The third-order valence-corrected chi connectivity index (χ3v) is 4.59. The first-order valence-electron chi connectivity index (χ1n) is 7.67. The largest absolute Gasteiger partial charge is 0.481 e. The summed E-state index contributed by atoms with van der Waals surface area (Å²) in [5, 5.41) is 8.32. The summed E-state index contributed by atoms with van der Waals surface area (Å²) in [4.78, 5) is 13.2. The van der Waals surface area contributed by atoms with Gasteiger partial charge in [0.05, 0.1) is 5.71 Å². The lowest BCUT2D eigenvalue weighted by atomic mass is 10.1. The van der Waals surface area contributed by atoms with E-state index in [1.165, 1.54) is 0 Å². The molecule has 3 rings (SSSR count). The first-order valence-corrected chi connectivity index (χ1v) is 8.55. The summed E-state index contributed by atoms with van der Waals surface area (Å²) in [7, 11) is 0. The Morgan fingerprint density at radius 2 is 1.92 bits per heavy atom. The summed E-state index contributed by atoms with van der Waals surface area (Å²) in [5.74, 6) is 0.384. The molecule has 1 N–H and O–H groups in total. The Balaban J connectivity index is 1.63. The number of fused-ring (bicyclic) bond motifs is 1. The van der Waals surface area contributed by atoms with Crippen molar-refractivity contribution in [3.8, 4) is 5.75 Å². The van der Waals surface area contributed by atoms with Gasteiger partial charge in [0.25, 0.3) is 5.91 Å². The number of nitrogens with one attached hydrogen (secondary N) is 1. The SMILES string of the molecule is C/C(=N/NC(=O)[C@@H](C)Oc1ccc2ccccc2c1)c1cccs1. The molecule has 3 aromatic rings. The number of ether oxygens (including phenoxy) is 1. The number of hydrazone groups is 1. The average Bonchev–Trinajstić information content (AvgIpc) is 3.14. The van der Waals surface area contributed by atoms with Gasteiger partial charge in [0, 0.05) is 4.88 Å². The molecule has 4 nitrogen and oxygen atoms in total. The van der Waals surface area contributed by atoms with Crippen LogP contribution in [0.25, 0.3) is 10.8 Å². The summed E-state index contributed by atoms with van der Waals surface area (Å²) in [6, 6.07) is 17.7. The molecule has 24 heavy (non-hydrogen) atoms. The molecule has 1 heterocycles. The molecule has 0 saturated carbocycles. The van der Waals surface area contributed by atoms with Gasteiger partial charge >= 0.3 is 0 Å². The van der Waals surface area contributed by atoms with Gasteiger partial charge in [-0.3, -0.25) is 4.79 Å². The Labute approximate surface area is 144 Å². The Hall–Kier alpha value is -2.66. The van der Waals surface area contributed by atoms with Gasteiger partial charge < -0.3 is 4.74 Å². The van der Waals surface area contributed by atoms with Crippen LogP contribution in [-0.2, 0) is 4.79 Å². The van der Waals surface area contributed by atoms with Crippen molar-refractivity contribution < 1.29 is 9.53 Å². The first kappa shape index (κ1) is 16.2. The highest BCUT2D eigenvalue weighted by molar-refractivity contribution is 7.12. The molecule has 0 radical (unpaired) electrons. The van der Waals surface area contributed by atoms with Gasteiger partial charge in [-0.15, -0.1) is 11.3 Å². The van der Waals surface area contributed by atoms with Crippen LogP contribution in [0.4, 0.5) is 0 Å². The fourth-order valence-electron chi connectivity index (χ4n) is 2.27. The lowest BCUT2D eigenvalue weighted by Crippen LogP contribution is -2.33. The Morgan fingerprint density at radius 1 is 1.12 bits per heavy atom. The number of carbonyl (C=O) groups excluding carboxylic acids is 1. The maximum absolute atomic E-state index is 12.1. The lowest BCUT2D eigenvalue weighted by molar-refractivity contribution is -0.127. The molecule has 0 spiro atoms. The summed E-state index contributed by atoms with van der Waals surface area (Å²) in [5.41, 5.74) is 3.33. The number of hydrogen-bond acceptors (Lipinski definition) is 4. The first-order chi connectivity index (χ1) is 11.6. The molecule has 1 amide bonds. The number of carbonyl (C=O) groups is 1. The second-order valence-corrected chi connectivity index (χ2v) is 6.37. The third kappa shape index (κ3) is 3.81. The van der Waals surface area contributed by atoms with Crippen molar-refractivity contribution >= 4 is 33.7 Å². The maximum atomic E-state index is 12.1. The molecule has 1 aromatic heterocycles. The van der Waals surface area contributed by atoms with Gasteiger partial charge in [0.2, 0.25) is 0 Å². The van der Waals surface area contributed by atoms with Crippen LogP contribution in [0.5, 0.6) is 5.75 Å². The minimum absolute atomic E-state index is 0.279. The third-order valence-electron chi connectivity index (χ3n) is 3.61. The minimum atomic E-state index is -0.633. The Morgan fingerprint density at radius 3 is 2.67 bits per heavy atom. The molecule has 0 aliphatic carbocycles. The second-order valence-electron chi connectivity index (χ2n) is 5.42. The van der Waals surface area contributed by atoms with Crippen molar-refractivity contribution in [1.82, 2.24) is 5.43 Å². The van der Waals surface area contributed by atoms with E-state index in [0.29, 0.717) is 5.75 Å². The van der Waals surface area contributed by atoms with Gasteiger partial charge in [-0.1, -0.05) is 36.4 Å². The number of nitrogens with zero attached hydrogens (tertiary/aromatic N) is 1. The molecule has 0 bridgehead atoms. The van der Waals surface area contributed by atoms with Crippen molar-refractivity contribution in [2.45, 2.75) is 20.0 Å². The molecule has 122 valence electrons. The van der Waals surface area contributed by atoms with E-state index in [2.05, 4.69) is 10.5 Å². The highest BCUT2D eigenvalue weighted by Gasteiger charge is 2.14. The van der Waals surface area contributed by atoms with Crippen LogP contribution >= 0.6 is 11.3 Å². The van der Waals surface area contributed by atoms with Crippen LogP contribution in [0.3, 0.4) is 0 Å². The second kappa shape index (κ2) is 7.27. The van der Waals surface area contributed by atoms with Gasteiger partial charge in [-0.05, 0) is 48.2 Å². The maximum Gasteiger partial charge on any atom is 0.280 e. The van der Waals surface area contributed by atoms with Crippen LogP contribution in [0, 0.1) is 0 Å². The number of thiophene rings is 1. The fourth-order valence-corrected chi connectivity index (χ4v) is 2.94. The quantitative estimate of drug-likeness (QED) is 0.560. The van der Waals surface area contributed by atoms with E-state index in [-0.39, 0.29) is 5.91 Å². The molecule has 1 atom stereocenters. The van der Waals surface area contributed by atoms with Crippen molar-refractivity contribution in [3.63, 3.8) is 0 Å². The molecule has 0 saturated heterocycles. The molecule has 0 unspecified atom stereocenters.